The summed E-state index contributed by atoms with van der Waals surface area (Å²) in [5, 5.41) is 9.79. The van der Waals surface area contributed by atoms with Crippen molar-refractivity contribution in [2.24, 2.45) is 0 Å². The quantitative estimate of drug-likeness (QED) is 0.904. The first-order valence-electron chi connectivity index (χ1n) is 6.34. The highest BCUT2D eigenvalue weighted by Crippen LogP contribution is 2.39. The first-order valence-corrected chi connectivity index (χ1v) is 8.40. The molecule has 1 atom stereocenters. The molecular weight excluding hydrogens is 248 g/mol. The van der Waals surface area contributed by atoms with Crippen molar-refractivity contribution in [2.75, 3.05) is 18.6 Å². The van der Waals surface area contributed by atoms with E-state index >= 15 is 0 Å². The van der Waals surface area contributed by atoms with Crippen molar-refractivity contribution in [3.05, 3.63) is 35.4 Å². The van der Waals surface area contributed by atoms with Crippen LogP contribution in [0.15, 0.2) is 24.3 Å². The summed E-state index contributed by atoms with van der Waals surface area (Å²) in [6, 6.07) is 8.09. The maximum absolute atomic E-state index is 11.4. The lowest BCUT2D eigenvalue weighted by Gasteiger charge is -2.37. The van der Waals surface area contributed by atoms with Crippen molar-refractivity contribution in [3.63, 3.8) is 0 Å². The van der Waals surface area contributed by atoms with Crippen LogP contribution in [-0.4, -0.2) is 32.1 Å². The first-order chi connectivity index (χ1) is 8.47. The lowest BCUT2D eigenvalue weighted by molar-refractivity contribution is 0.170. The third kappa shape index (κ3) is 2.75. The minimum atomic E-state index is -2.99. The van der Waals surface area contributed by atoms with Gasteiger partial charge in [0.15, 0.2) is 0 Å². The van der Waals surface area contributed by atoms with Gasteiger partial charge in [0.05, 0.1) is 12.4 Å². The van der Waals surface area contributed by atoms with E-state index in [4.69, 9.17) is 0 Å². The van der Waals surface area contributed by atoms with Gasteiger partial charge in [0, 0.05) is 11.7 Å². The zero-order valence-corrected chi connectivity index (χ0v) is 11.5. The van der Waals surface area contributed by atoms with E-state index in [1.807, 2.05) is 18.2 Å². The molecule has 100 valence electrons. The highest BCUT2D eigenvalue weighted by atomic mass is 32.2. The number of aliphatic hydroxyl groups is 1. The summed E-state index contributed by atoms with van der Waals surface area (Å²) in [5.41, 5.74) is 2.03. The predicted octanol–water partition coefficient (Wildman–Crippen LogP) is 1.69. The molecule has 1 aliphatic carbocycles. The number of hydrogen-bond acceptors (Lipinski definition) is 3. The Morgan fingerprint density at radius 1 is 1.33 bits per heavy atom. The van der Waals surface area contributed by atoms with Gasteiger partial charge in [-0.1, -0.05) is 24.3 Å². The summed E-state index contributed by atoms with van der Waals surface area (Å²) in [6.45, 7) is 0.0273. The van der Waals surface area contributed by atoms with Crippen molar-refractivity contribution in [3.8, 4) is 0 Å². The Morgan fingerprint density at radius 2 is 2.06 bits per heavy atom. The summed E-state index contributed by atoms with van der Waals surface area (Å²) in [6.07, 6.45) is 4.68. The number of sulfone groups is 1. The summed E-state index contributed by atoms with van der Waals surface area (Å²) in [7, 11) is -2.99. The number of fused-ring (bicyclic) bond motifs is 1. The second-order valence-corrected chi connectivity index (χ2v) is 7.59. The zero-order chi connectivity index (χ0) is 13.2. The predicted molar refractivity (Wildman–Crippen MR) is 72.5 cm³/mol. The smallest absolute Gasteiger partial charge is 0.147 e. The first kappa shape index (κ1) is 13.6. The van der Waals surface area contributed by atoms with E-state index in [-0.39, 0.29) is 17.8 Å². The average Bonchev–Trinajstić information content (AvgIpc) is 2.35. The fraction of sp³-hybridized carbons (Fsp3) is 0.571. The Morgan fingerprint density at radius 3 is 2.72 bits per heavy atom. The summed E-state index contributed by atoms with van der Waals surface area (Å²) in [4.78, 5) is 0. The van der Waals surface area contributed by atoms with E-state index in [2.05, 4.69) is 6.07 Å². The van der Waals surface area contributed by atoms with E-state index < -0.39 is 9.84 Å². The van der Waals surface area contributed by atoms with Crippen LogP contribution in [0.3, 0.4) is 0 Å². The van der Waals surface area contributed by atoms with Crippen molar-refractivity contribution < 1.29 is 13.5 Å². The molecule has 1 aromatic carbocycles. The molecule has 0 bridgehead atoms. The van der Waals surface area contributed by atoms with Crippen molar-refractivity contribution in [2.45, 2.75) is 31.1 Å². The minimum absolute atomic E-state index is 0.0273. The number of aryl methyl sites for hydroxylation is 1. The highest BCUT2D eigenvalue weighted by Gasteiger charge is 2.36. The number of rotatable bonds is 4. The molecule has 0 saturated carbocycles. The Kier molecular flexibility index (Phi) is 3.78. The maximum atomic E-state index is 11.4. The van der Waals surface area contributed by atoms with Crippen molar-refractivity contribution in [1.82, 2.24) is 0 Å². The molecule has 0 aliphatic heterocycles. The summed E-state index contributed by atoms with van der Waals surface area (Å²) in [5.74, 6) is 0.141. The molecule has 0 amide bonds. The van der Waals surface area contributed by atoms with Crippen LogP contribution in [0.5, 0.6) is 0 Å². The second kappa shape index (κ2) is 5.02. The summed E-state index contributed by atoms with van der Waals surface area (Å²) >= 11 is 0. The second-order valence-electron chi connectivity index (χ2n) is 5.33. The summed E-state index contributed by atoms with van der Waals surface area (Å²) < 4.78 is 22.7. The highest BCUT2D eigenvalue weighted by molar-refractivity contribution is 7.90. The lowest BCUT2D eigenvalue weighted by atomic mass is 9.69. The van der Waals surface area contributed by atoms with Gasteiger partial charge in [-0.05, 0) is 36.8 Å². The monoisotopic (exact) mass is 268 g/mol. The van der Waals surface area contributed by atoms with Crippen LogP contribution in [0.4, 0.5) is 0 Å². The van der Waals surface area contributed by atoms with Crippen LogP contribution in [0.2, 0.25) is 0 Å². The Hall–Kier alpha value is -0.870. The largest absolute Gasteiger partial charge is 0.395 e. The van der Waals surface area contributed by atoms with Gasteiger partial charge in [-0.25, -0.2) is 8.42 Å². The Balaban J connectivity index is 2.33. The molecular formula is C14H20O3S. The average molecular weight is 268 g/mol. The molecule has 1 unspecified atom stereocenters. The third-order valence-electron chi connectivity index (χ3n) is 3.94. The molecule has 2 rings (SSSR count). The van der Waals surface area contributed by atoms with Crippen LogP contribution < -0.4 is 0 Å². The molecule has 0 spiro atoms. The van der Waals surface area contributed by atoms with Crippen LogP contribution in [0.1, 0.15) is 30.4 Å². The topological polar surface area (TPSA) is 54.4 Å². The fourth-order valence-corrected chi connectivity index (χ4v) is 3.65. The molecule has 3 nitrogen and oxygen atoms in total. The number of aliphatic hydroxyl groups excluding tert-OH is 1. The Bertz CT molecular complexity index is 522. The number of hydrogen-bond donors (Lipinski definition) is 1. The molecule has 1 N–H and O–H groups in total. The normalized spacial score (nSPS) is 23.7. The van der Waals surface area contributed by atoms with Gasteiger partial charge in [-0.3, -0.25) is 0 Å². The van der Waals surface area contributed by atoms with E-state index in [1.165, 1.54) is 11.8 Å². The van der Waals surface area contributed by atoms with E-state index in [0.717, 1.165) is 24.8 Å². The van der Waals surface area contributed by atoms with Gasteiger partial charge >= 0.3 is 0 Å². The van der Waals surface area contributed by atoms with Crippen LogP contribution >= 0.6 is 0 Å². The molecule has 1 aromatic rings. The van der Waals surface area contributed by atoms with Gasteiger partial charge in [-0.2, -0.15) is 0 Å². The van der Waals surface area contributed by atoms with Gasteiger partial charge < -0.3 is 5.11 Å². The molecule has 4 heteroatoms. The van der Waals surface area contributed by atoms with Crippen LogP contribution in [0.25, 0.3) is 0 Å². The standard InChI is InChI=1S/C14H20O3S/c1-18(16,17)10-9-14(11-15)8-4-6-12-5-2-3-7-13(12)14/h2-3,5,7,15H,4,6,8-11H2,1H3. The number of benzene rings is 1. The molecule has 0 saturated heterocycles. The van der Waals surface area contributed by atoms with E-state index in [9.17, 15) is 13.5 Å². The molecule has 18 heavy (non-hydrogen) atoms. The minimum Gasteiger partial charge on any atom is -0.395 e. The van der Waals surface area contributed by atoms with Crippen molar-refractivity contribution >= 4 is 9.84 Å². The molecule has 0 aromatic heterocycles. The third-order valence-corrected chi connectivity index (χ3v) is 4.89. The van der Waals surface area contributed by atoms with Gasteiger partial charge in [0.25, 0.3) is 0 Å². The van der Waals surface area contributed by atoms with E-state index in [1.54, 1.807) is 0 Å². The Labute approximate surface area is 109 Å². The van der Waals surface area contributed by atoms with Crippen molar-refractivity contribution in [1.29, 1.82) is 0 Å². The van der Waals surface area contributed by atoms with Crippen LogP contribution in [-0.2, 0) is 21.7 Å². The molecule has 0 heterocycles. The lowest BCUT2D eigenvalue weighted by Crippen LogP contribution is -2.36. The van der Waals surface area contributed by atoms with E-state index in [0.29, 0.717) is 6.42 Å². The SMILES string of the molecule is CS(=O)(=O)CCC1(CO)CCCc2ccccc21. The van der Waals surface area contributed by atoms with Gasteiger partial charge in [0.2, 0.25) is 0 Å². The molecule has 0 radical (unpaired) electrons. The molecule has 0 fully saturated rings. The maximum Gasteiger partial charge on any atom is 0.147 e. The van der Waals surface area contributed by atoms with Crippen LogP contribution in [0, 0.1) is 0 Å². The van der Waals surface area contributed by atoms with Gasteiger partial charge in [-0.15, -0.1) is 0 Å². The van der Waals surface area contributed by atoms with Gasteiger partial charge in [0.1, 0.15) is 9.84 Å². The zero-order valence-electron chi connectivity index (χ0n) is 10.7. The fourth-order valence-electron chi connectivity index (χ4n) is 2.89. The molecule has 1 aliphatic rings.